The summed E-state index contributed by atoms with van der Waals surface area (Å²) in [6, 6.07) is 0. The van der Waals surface area contributed by atoms with Crippen LogP contribution in [0.4, 0.5) is 0 Å². The van der Waals surface area contributed by atoms with Gasteiger partial charge in [-0.3, -0.25) is 14.2 Å². The van der Waals surface area contributed by atoms with Gasteiger partial charge < -0.3 is 27.9 Å². The van der Waals surface area contributed by atoms with Gasteiger partial charge in [-0.15, -0.1) is 0 Å². The SMILES string of the molecule is CC/C=C\C/C=C\C/C=C\C/C=C\C/C=C\C/C=C\C/C=C\C/C=C\C/C=C\C/C=C\CCCCCCCCC(=O)OC(COC(=O)CCCCCC/C=C\C/C=C\C/C=C\C/C=C\C/C=C\C/C=C\C/C=C\C/C=C\CC)COP(=O)([O-])OCC[N+](C)(C)C. The van der Waals surface area contributed by atoms with Crippen LogP contribution >= 0.6 is 7.82 Å². The molecule has 0 fully saturated rings. The molecule has 0 bridgehead atoms. The van der Waals surface area contributed by atoms with Gasteiger partial charge in [0, 0.05) is 12.8 Å². The normalized spacial score (nSPS) is 14.5. The molecule has 0 aliphatic carbocycles. The second kappa shape index (κ2) is 67.7. The molecule has 2 unspecified atom stereocenters. The Morgan fingerprint density at radius 3 is 0.889 bits per heavy atom. The lowest BCUT2D eigenvalue weighted by atomic mass is 10.1. The number of allylic oxidation sites excluding steroid dienone is 36. The standard InChI is InChI=1S/C80H124NO8P/c1-6-8-10-12-14-16-18-20-22-24-26-28-30-32-34-36-37-38-39-40-41-42-43-45-47-49-51-53-55-57-59-61-63-65-67-69-71-73-80(83)89-78(77-88-90(84,85)87-75-74-81(3,4)5)76-86-79(82)72-70-68-66-64-62-60-58-56-54-52-50-48-46-44-35-33-31-29-27-25-23-21-19-17-15-13-11-9-7-2/h8-11,14-17,20-23,26-29,32-35,37-38,40-41,43,45-46,48-49,51-52,54-55,57-58,60,78H,6-7,12-13,18-19,24-25,30-31,36,39,42,44,47,50,53,56,59,61-77H2,1-5H3/b10-8-,11-9-,16-14-,17-15-,22-20-,23-21-,28-26-,29-27-,34-32-,35-33-,38-37-,41-40-,45-43-,48-46-,51-49-,54-52-,57-55-,60-58-. The Kier molecular flexibility index (Phi) is 63.4. The number of esters is 2. The number of carbonyl (C=O) groups is 2. The summed E-state index contributed by atoms with van der Waals surface area (Å²) in [6.07, 6.45) is 109. The number of phosphoric ester groups is 1. The van der Waals surface area contributed by atoms with Crippen LogP contribution in [0, 0.1) is 0 Å². The first kappa shape index (κ1) is 84.3. The number of hydrogen-bond donors (Lipinski definition) is 0. The molecular weight excluding hydrogens is 1130 g/mol. The number of ether oxygens (including phenoxy) is 2. The van der Waals surface area contributed by atoms with Crippen molar-refractivity contribution < 1.29 is 42.1 Å². The maximum Gasteiger partial charge on any atom is 0.306 e. The summed E-state index contributed by atoms with van der Waals surface area (Å²) in [5.74, 6) is -0.899. The first-order valence-corrected chi connectivity index (χ1v) is 35.9. The lowest BCUT2D eigenvalue weighted by molar-refractivity contribution is -0.870. The first-order chi connectivity index (χ1) is 44.0. The Bertz CT molecular complexity index is 2320. The molecule has 0 heterocycles. The largest absolute Gasteiger partial charge is 0.756 e. The van der Waals surface area contributed by atoms with E-state index in [-0.39, 0.29) is 26.1 Å². The zero-order chi connectivity index (χ0) is 65.5. The summed E-state index contributed by atoms with van der Waals surface area (Å²) in [5, 5.41) is 0. The van der Waals surface area contributed by atoms with Gasteiger partial charge in [0.2, 0.25) is 0 Å². The van der Waals surface area contributed by atoms with E-state index in [9.17, 15) is 19.0 Å². The van der Waals surface area contributed by atoms with E-state index < -0.39 is 32.5 Å². The van der Waals surface area contributed by atoms with Gasteiger partial charge in [0.15, 0.2) is 6.10 Å². The predicted molar refractivity (Wildman–Crippen MR) is 387 cm³/mol. The molecule has 9 nitrogen and oxygen atoms in total. The van der Waals surface area contributed by atoms with Crippen LogP contribution < -0.4 is 4.89 Å². The second-order valence-corrected chi connectivity index (χ2v) is 24.5. The molecule has 0 aromatic rings. The van der Waals surface area contributed by atoms with Crippen molar-refractivity contribution in [1.82, 2.24) is 0 Å². The Hall–Kier alpha value is -5.67. The third-order valence-electron chi connectivity index (χ3n) is 13.5. The molecule has 90 heavy (non-hydrogen) atoms. The van der Waals surface area contributed by atoms with Crippen molar-refractivity contribution in [2.24, 2.45) is 0 Å². The smallest absolute Gasteiger partial charge is 0.306 e. The fourth-order valence-electron chi connectivity index (χ4n) is 8.29. The second-order valence-electron chi connectivity index (χ2n) is 23.1. The molecular formula is C80H124NO8P. The molecule has 0 radical (unpaired) electrons. The summed E-state index contributed by atoms with van der Waals surface area (Å²) in [4.78, 5) is 38.0. The van der Waals surface area contributed by atoms with Crippen molar-refractivity contribution in [3.8, 4) is 0 Å². The number of likely N-dealkylation sites (N-methyl/N-ethyl adjacent to an activating group) is 1. The van der Waals surface area contributed by atoms with Crippen molar-refractivity contribution >= 4 is 19.8 Å². The number of unbranched alkanes of at least 4 members (excludes halogenated alkanes) is 10. The van der Waals surface area contributed by atoms with Gasteiger partial charge >= 0.3 is 11.9 Å². The van der Waals surface area contributed by atoms with Gasteiger partial charge in [-0.25, -0.2) is 0 Å². The van der Waals surface area contributed by atoms with Crippen LogP contribution in [0.3, 0.4) is 0 Å². The Labute approximate surface area is 550 Å². The van der Waals surface area contributed by atoms with E-state index in [2.05, 4.69) is 233 Å². The minimum absolute atomic E-state index is 0.0518. The number of phosphoric acid groups is 1. The van der Waals surface area contributed by atoms with Crippen LogP contribution in [-0.4, -0.2) is 70.0 Å². The molecule has 0 aliphatic rings. The van der Waals surface area contributed by atoms with E-state index in [0.29, 0.717) is 23.9 Å². The van der Waals surface area contributed by atoms with E-state index in [1.54, 1.807) is 0 Å². The van der Waals surface area contributed by atoms with E-state index in [1.165, 1.54) is 0 Å². The van der Waals surface area contributed by atoms with Gasteiger partial charge in [-0.2, -0.15) is 0 Å². The van der Waals surface area contributed by atoms with Crippen LogP contribution in [0.25, 0.3) is 0 Å². The molecule has 0 saturated heterocycles. The van der Waals surface area contributed by atoms with Gasteiger partial charge in [-0.05, 0) is 154 Å². The van der Waals surface area contributed by atoms with Gasteiger partial charge in [0.05, 0.1) is 27.7 Å². The molecule has 0 saturated carbocycles. The molecule has 0 aromatic heterocycles. The van der Waals surface area contributed by atoms with E-state index in [4.69, 9.17) is 18.5 Å². The molecule has 0 aromatic carbocycles. The van der Waals surface area contributed by atoms with Gasteiger partial charge in [-0.1, -0.05) is 271 Å². The van der Waals surface area contributed by atoms with Crippen LogP contribution in [-0.2, 0) is 32.7 Å². The first-order valence-electron chi connectivity index (χ1n) is 34.4. The highest BCUT2D eigenvalue weighted by atomic mass is 31.2. The van der Waals surface area contributed by atoms with Crippen molar-refractivity contribution in [3.63, 3.8) is 0 Å². The number of nitrogens with zero attached hydrogens (tertiary/aromatic N) is 1. The zero-order valence-electron chi connectivity index (χ0n) is 57.0. The summed E-state index contributed by atoms with van der Waals surface area (Å²) in [6.45, 7) is 3.93. The molecule has 0 spiro atoms. The van der Waals surface area contributed by atoms with E-state index in [0.717, 1.165) is 180 Å². The van der Waals surface area contributed by atoms with Crippen molar-refractivity contribution in [1.29, 1.82) is 0 Å². The maximum atomic E-state index is 12.9. The highest BCUT2D eigenvalue weighted by Gasteiger charge is 2.22. The zero-order valence-corrected chi connectivity index (χ0v) is 57.9. The van der Waals surface area contributed by atoms with Gasteiger partial charge in [0.25, 0.3) is 7.82 Å². The number of hydrogen-bond acceptors (Lipinski definition) is 8. The molecule has 0 aliphatic heterocycles. The highest BCUT2D eigenvalue weighted by molar-refractivity contribution is 7.45. The Morgan fingerprint density at radius 2 is 0.600 bits per heavy atom. The molecule has 10 heteroatoms. The fraction of sp³-hybridized carbons (Fsp3) is 0.525. The summed E-state index contributed by atoms with van der Waals surface area (Å²) in [5.41, 5.74) is 0. The summed E-state index contributed by atoms with van der Waals surface area (Å²) >= 11 is 0. The van der Waals surface area contributed by atoms with Crippen molar-refractivity contribution in [2.75, 3.05) is 47.5 Å². The average Bonchev–Trinajstić information content (AvgIpc) is 3.58. The Morgan fingerprint density at radius 1 is 0.344 bits per heavy atom. The monoisotopic (exact) mass is 1260 g/mol. The third kappa shape index (κ3) is 71.4. The average molecular weight is 1260 g/mol. The molecule has 0 N–H and O–H groups in total. The number of rotatable bonds is 60. The molecule has 0 rings (SSSR count). The lowest BCUT2D eigenvalue weighted by Gasteiger charge is -2.28. The molecule has 502 valence electrons. The molecule has 0 amide bonds. The van der Waals surface area contributed by atoms with E-state index in [1.807, 2.05) is 21.1 Å². The molecule has 2 atom stereocenters. The number of quaternary nitrogens is 1. The van der Waals surface area contributed by atoms with Crippen LogP contribution in [0.5, 0.6) is 0 Å². The van der Waals surface area contributed by atoms with Crippen LogP contribution in [0.1, 0.15) is 219 Å². The quantitative estimate of drug-likeness (QED) is 0.0195. The van der Waals surface area contributed by atoms with Crippen molar-refractivity contribution in [3.05, 3.63) is 219 Å². The fourth-order valence-corrected chi connectivity index (χ4v) is 9.01. The third-order valence-corrected chi connectivity index (χ3v) is 14.5. The van der Waals surface area contributed by atoms with Crippen LogP contribution in [0.2, 0.25) is 0 Å². The maximum absolute atomic E-state index is 12.9. The minimum Gasteiger partial charge on any atom is -0.756 e. The van der Waals surface area contributed by atoms with E-state index >= 15 is 0 Å². The Balaban J connectivity index is 4.26. The van der Waals surface area contributed by atoms with Gasteiger partial charge in [0.1, 0.15) is 19.8 Å². The minimum atomic E-state index is -4.67. The highest BCUT2D eigenvalue weighted by Crippen LogP contribution is 2.38. The predicted octanol–water partition coefficient (Wildman–Crippen LogP) is 22.2. The summed E-state index contributed by atoms with van der Waals surface area (Å²) in [7, 11) is 1.10. The lowest BCUT2D eigenvalue weighted by Crippen LogP contribution is -2.37. The topological polar surface area (TPSA) is 111 Å². The summed E-state index contributed by atoms with van der Waals surface area (Å²) < 4.78 is 34.2. The van der Waals surface area contributed by atoms with Crippen LogP contribution in [0.15, 0.2) is 219 Å². The van der Waals surface area contributed by atoms with Crippen molar-refractivity contribution in [2.45, 2.75) is 225 Å². The number of carbonyl (C=O) groups excluding carboxylic acids is 2.